The van der Waals surface area contributed by atoms with Crippen molar-refractivity contribution in [1.29, 1.82) is 0 Å². The molecule has 2 saturated heterocycles. The molecular weight excluding hydrogens is 377 g/mol. The number of carboxylic acid groups (broad SMARTS) is 1. The van der Waals surface area contributed by atoms with Crippen LogP contribution in [0.15, 0.2) is 17.8 Å². The van der Waals surface area contributed by atoms with Crippen molar-refractivity contribution in [2.24, 2.45) is 11.0 Å². The molecule has 0 bridgehead atoms. The molecule has 12 heteroatoms. The van der Waals surface area contributed by atoms with Gasteiger partial charge >= 0.3 is 29.6 Å². The maximum absolute atomic E-state index is 12.1. The maximum Gasteiger partial charge on any atom is 1.00 e. The number of carbonyl (C=O) groups is 2. The van der Waals surface area contributed by atoms with Gasteiger partial charge in [-0.05, 0) is 13.8 Å². The average molecular weight is 393 g/mol. The molecule has 1 amide bonds. The summed E-state index contributed by atoms with van der Waals surface area (Å²) >= 11 is 2.78. The Morgan fingerprint density at radius 2 is 2.16 bits per heavy atom. The van der Waals surface area contributed by atoms with Crippen LogP contribution in [-0.2, 0) is 9.59 Å². The monoisotopic (exact) mass is 393 g/mol. The summed E-state index contributed by atoms with van der Waals surface area (Å²) in [6.45, 7) is 3.37. The van der Waals surface area contributed by atoms with E-state index in [0.29, 0.717) is 5.75 Å². The number of carboxylic acids is 1. The molecule has 2 aliphatic heterocycles. The molecule has 2 aliphatic rings. The van der Waals surface area contributed by atoms with Gasteiger partial charge in [0.25, 0.3) is 0 Å². The minimum Gasteiger partial charge on any atom is -0.548 e. The number of hydrogen-bond donors (Lipinski definition) is 1. The topological polar surface area (TPSA) is 124 Å². The van der Waals surface area contributed by atoms with Gasteiger partial charge in [-0.15, -0.1) is 33.7 Å². The van der Waals surface area contributed by atoms with Gasteiger partial charge in [0.05, 0.1) is 34.0 Å². The van der Waals surface area contributed by atoms with E-state index < -0.39 is 24.0 Å². The number of hydrogen-bond acceptors (Lipinski definition) is 9. The Labute approximate surface area is 174 Å². The summed E-state index contributed by atoms with van der Waals surface area (Å²) in [5.74, 6) is -1.65. The van der Waals surface area contributed by atoms with Crippen LogP contribution in [-0.4, -0.2) is 70.3 Å². The normalized spacial score (nSPS) is 29.6. The van der Waals surface area contributed by atoms with Crippen LogP contribution >= 0.6 is 23.5 Å². The van der Waals surface area contributed by atoms with E-state index in [1.807, 2.05) is 6.92 Å². The molecule has 130 valence electrons. The summed E-state index contributed by atoms with van der Waals surface area (Å²) in [4.78, 5) is 24.9. The minimum atomic E-state index is -1.27. The van der Waals surface area contributed by atoms with Gasteiger partial charge in [-0.3, -0.25) is 4.79 Å². The number of β-lactam (4-membered cyclic amide) rings is 1. The van der Waals surface area contributed by atoms with Crippen LogP contribution in [0.2, 0.25) is 0 Å². The standard InChI is InChI=1S/C13H17N5O4S2.Na/c1-6(16-17-4-14-15-5-17)3-23-13-9(12(21)22)18-10(20)8(7(2)19)11(18)24-13;/h4-5,7-9,11,13,19H,3H2,1-2H3,(H,21,22);/q;+1/p-1/t7?,8-,9?,11+,13?;/m0./s1. The van der Waals surface area contributed by atoms with Crippen LogP contribution < -0.4 is 34.7 Å². The van der Waals surface area contributed by atoms with Gasteiger partial charge < -0.3 is 19.9 Å². The van der Waals surface area contributed by atoms with Gasteiger partial charge in [0.2, 0.25) is 5.91 Å². The maximum atomic E-state index is 12.1. The Balaban J connectivity index is 0.00000225. The Kier molecular flexibility index (Phi) is 6.96. The molecule has 3 unspecified atom stereocenters. The van der Waals surface area contributed by atoms with Crippen molar-refractivity contribution in [1.82, 2.24) is 19.8 Å². The Hall–Kier alpha value is -0.590. The van der Waals surface area contributed by atoms with Crippen molar-refractivity contribution < 1.29 is 49.4 Å². The molecule has 3 heterocycles. The number of thioether (sulfide) groups is 2. The first-order valence-corrected chi connectivity index (χ1v) is 9.26. The second-order valence-electron chi connectivity index (χ2n) is 5.66. The van der Waals surface area contributed by atoms with Gasteiger partial charge in [-0.1, -0.05) is 0 Å². The van der Waals surface area contributed by atoms with Crippen LogP contribution in [0.25, 0.3) is 0 Å². The number of aliphatic carboxylic acids is 1. The number of aliphatic hydroxyl groups is 1. The van der Waals surface area contributed by atoms with Gasteiger partial charge in [-0.25, -0.2) is 4.68 Å². The van der Waals surface area contributed by atoms with Crippen LogP contribution in [0.1, 0.15) is 13.8 Å². The number of carbonyl (C=O) groups excluding carboxylic acids is 2. The van der Waals surface area contributed by atoms with E-state index in [9.17, 15) is 19.8 Å². The van der Waals surface area contributed by atoms with Crippen molar-refractivity contribution in [3.05, 3.63) is 12.7 Å². The SMILES string of the molecule is CC(CSC1S[C@@H]2[C@@H](C(C)O)C(=O)N2C1C(=O)[O-])=Nn1cnnc1.[Na+]. The zero-order chi connectivity index (χ0) is 17.4. The summed E-state index contributed by atoms with van der Waals surface area (Å²) in [7, 11) is 0. The Morgan fingerprint density at radius 3 is 2.72 bits per heavy atom. The quantitative estimate of drug-likeness (QED) is 0.292. The van der Waals surface area contributed by atoms with Gasteiger partial charge in [0.1, 0.15) is 12.7 Å². The van der Waals surface area contributed by atoms with E-state index in [1.54, 1.807) is 6.92 Å². The fourth-order valence-electron chi connectivity index (χ4n) is 2.77. The zero-order valence-electron chi connectivity index (χ0n) is 14.0. The summed E-state index contributed by atoms with van der Waals surface area (Å²) in [6, 6.07) is -0.991. The molecule has 0 aromatic carbocycles. The summed E-state index contributed by atoms with van der Waals surface area (Å²) in [5.41, 5.74) is 0.769. The van der Waals surface area contributed by atoms with E-state index in [0.717, 1.165) is 5.71 Å². The smallest absolute Gasteiger partial charge is 0.548 e. The first-order valence-electron chi connectivity index (χ1n) is 7.27. The summed E-state index contributed by atoms with van der Waals surface area (Å²) in [6.07, 6.45) is 2.12. The molecule has 2 fully saturated rings. The van der Waals surface area contributed by atoms with E-state index in [4.69, 9.17) is 0 Å². The largest absolute Gasteiger partial charge is 1.00 e. The first kappa shape index (κ1) is 20.7. The molecule has 3 rings (SSSR count). The summed E-state index contributed by atoms with van der Waals surface area (Å²) in [5, 5.41) is 32.4. The molecule has 5 atom stereocenters. The molecule has 1 aromatic heterocycles. The fourth-order valence-corrected chi connectivity index (χ4v) is 6.07. The number of rotatable bonds is 6. The first-order chi connectivity index (χ1) is 11.4. The third-order valence-corrected chi connectivity index (χ3v) is 7.10. The van der Waals surface area contributed by atoms with E-state index in [2.05, 4.69) is 15.3 Å². The average Bonchev–Trinajstić information content (AvgIpc) is 3.10. The van der Waals surface area contributed by atoms with E-state index in [1.165, 1.54) is 45.8 Å². The van der Waals surface area contributed by atoms with Crippen LogP contribution in [0.3, 0.4) is 0 Å². The van der Waals surface area contributed by atoms with Crippen LogP contribution in [0.4, 0.5) is 0 Å². The zero-order valence-corrected chi connectivity index (χ0v) is 17.6. The van der Waals surface area contributed by atoms with Crippen molar-refractivity contribution in [3.63, 3.8) is 0 Å². The fraction of sp³-hybridized carbons (Fsp3) is 0.615. The van der Waals surface area contributed by atoms with E-state index in [-0.39, 0.29) is 45.4 Å². The van der Waals surface area contributed by atoms with Gasteiger partial charge in [-0.2, -0.15) is 5.10 Å². The van der Waals surface area contributed by atoms with Crippen molar-refractivity contribution in [3.8, 4) is 0 Å². The second-order valence-corrected chi connectivity index (χ2v) is 8.35. The number of fused-ring (bicyclic) bond motifs is 1. The molecule has 0 spiro atoms. The van der Waals surface area contributed by atoms with E-state index >= 15 is 0 Å². The number of aromatic nitrogens is 3. The molecule has 9 nitrogen and oxygen atoms in total. The van der Waals surface area contributed by atoms with Crippen molar-refractivity contribution in [2.45, 2.75) is 35.9 Å². The molecule has 1 N–H and O–H groups in total. The molecule has 1 aromatic rings. The molecule has 0 aliphatic carbocycles. The second kappa shape index (κ2) is 8.40. The number of nitrogens with zero attached hydrogens (tertiary/aromatic N) is 5. The molecule has 0 radical (unpaired) electrons. The van der Waals surface area contributed by atoms with Crippen LogP contribution in [0.5, 0.6) is 0 Å². The van der Waals surface area contributed by atoms with Crippen molar-refractivity contribution in [2.75, 3.05) is 5.75 Å². The van der Waals surface area contributed by atoms with Gasteiger partial charge in [0, 0.05) is 11.5 Å². The van der Waals surface area contributed by atoms with Crippen LogP contribution in [0, 0.1) is 5.92 Å². The number of amides is 1. The predicted octanol–water partition coefficient (Wildman–Crippen LogP) is -4.40. The summed E-state index contributed by atoms with van der Waals surface area (Å²) < 4.78 is 1.10. The van der Waals surface area contributed by atoms with Crippen molar-refractivity contribution >= 4 is 41.1 Å². The Bertz CT molecular complexity index is 671. The minimum absolute atomic E-state index is 0. The predicted molar refractivity (Wildman–Crippen MR) is 87.0 cm³/mol. The Morgan fingerprint density at radius 1 is 1.52 bits per heavy atom. The number of aliphatic hydroxyl groups excluding tert-OH is 1. The molecular formula is C13H16N5NaO4S2. The molecule has 25 heavy (non-hydrogen) atoms. The molecule has 0 saturated carbocycles. The third-order valence-electron chi connectivity index (χ3n) is 3.86. The third kappa shape index (κ3) is 4.06. The van der Waals surface area contributed by atoms with Gasteiger partial charge in [0.15, 0.2) is 0 Å².